The molecule has 2 aromatic heterocycles. The molecule has 2 N–H and O–H groups in total. The molecular weight excluding hydrogens is 470 g/mol. The van der Waals surface area contributed by atoms with Crippen LogP contribution in [0.4, 0.5) is 0 Å². The van der Waals surface area contributed by atoms with E-state index in [4.69, 9.17) is 18.6 Å². The van der Waals surface area contributed by atoms with Gasteiger partial charge in [0.25, 0.3) is 0 Å². The summed E-state index contributed by atoms with van der Waals surface area (Å²) >= 11 is 0. The summed E-state index contributed by atoms with van der Waals surface area (Å²) in [4.78, 5) is 20.7. The second-order valence-corrected chi connectivity index (χ2v) is 9.57. The first-order chi connectivity index (χ1) is 17.7. The van der Waals surface area contributed by atoms with Crippen molar-refractivity contribution in [3.63, 3.8) is 0 Å². The van der Waals surface area contributed by atoms with Crippen LogP contribution in [0, 0.1) is 13.8 Å². The molecule has 0 aliphatic carbocycles. The summed E-state index contributed by atoms with van der Waals surface area (Å²) in [7, 11) is 0. The third-order valence-corrected chi connectivity index (χ3v) is 6.28. The van der Waals surface area contributed by atoms with Gasteiger partial charge in [0.15, 0.2) is 5.60 Å². The standard InChI is InChI=1S/C29H33N3O5/c1-6-21-15-20(14-18(2)25(21)37-29(4,5)28(33)34)17-31-24(27-30-12-13-35-27)16-23-19(3)36-26(32-23)22-10-8-7-9-11-22/h7-15,24,31H,6,16-17H2,1-5H3,(H,33,34). The number of oxazole rings is 2. The number of benzene rings is 2. The highest BCUT2D eigenvalue weighted by Gasteiger charge is 2.31. The summed E-state index contributed by atoms with van der Waals surface area (Å²) in [5, 5.41) is 13.0. The van der Waals surface area contributed by atoms with E-state index in [9.17, 15) is 9.90 Å². The van der Waals surface area contributed by atoms with E-state index in [0.29, 0.717) is 36.9 Å². The van der Waals surface area contributed by atoms with Crippen molar-refractivity contribution in [1.29, 1.82) is 0 Å². The molecule has 8 nitrogen and oxygen atoms in total. The Morgan fingerprint density at radius 1 is 1.19 bits per heavy atom. The van der Waals surface area contributed by atoms with Gasteiger partial charge in [0, 0.05) is 18.5 Å². The molecule has 194 valence electrons. The molecule has 0 radical (unpaired) electrons. The number of nitrogens with one attached hydrogen (secondary N) is 1. The molecule has 4 aromatic rings. The van der Waals surface area contributed by atoms with Gasteiger partial charge in [-0.2, -0.15) is 0 Å². The molecular formula is C29H33N3O5. The van der Waals surface area contributed by atoms with Gasteiger partial charge in [-0.05, 0) is 62.9 Å². The van der Waals surface area contributed by atoms with Crippen molar-refractivity contribution in [2.24, 2.45) is 0 Å². The van der Waals surface area contributed by atoms with E-state index in [-0.39, 0.29) is 6.04 Å². The number of carbonyl (C=O) groups is 1. The minimum atomic E-state index is -1.32. The zero-order valence-corrected chi connectivity index (χ0v) is 21.9. The van der Waals surface area contributed by atoms with E-state index in [1.165, 1.54) is 0 Å². The second kappa shape index (κ2) is 11.0. The minimum Gasteiger partial charge on any atom is -0.478 e. The molecule has 0 saturated heterocycles. The van der Waals surface area contributed by atoms with Crippen molar-refractivity contribution in [3.8, 4) is 17.2 Å². The number of nitrogens with zero attached hydrogens (tertiary/aromatic N) is 2. The Morgan fingerprint density at radius 2 is 1.95 bits per heavy atom. The number of carboxylic acid groups (broad SMARTS) is 1. The maximum absolute atomic E-state index is 11.6. The van der Waals surface area contributed by atoms with Crippen LogP contribution in [0.15, 0.2) is 63.8 Å². The number of hydrogen-bond acceptors (Lipinski definition) is 7. The Morgan fingerprint density at radius 3 is 2.59 bits per heavy atom. The number of aromatic nitrogens is 2. The summed E-state index contributed by atoms with van der Waals surface area (Å²) in [6.45, 7) is 9.53. The monoisotopic (exact) mass is 503 g/mol. The van der Waals surface area contributed by atoms with Gasteiger partial charge in [0.1, 0.15) is 17.8 Å². The largest absolute Gasteiger partial charge is 0.478 e. The molecule has 1 atom stereocenters. The van der Waals surface area contributed by atoms with Crippen LogP contribution >= 0.6 is 0 Å². The Balaban J connectivity index is 1.54. The normalized spacial score (nSPS) is 12.5. The molecule has 2 aromatic carbocycles. The fourth-order valence-corrected chi connectivity index (χ4v) is 4.15. The lowest BCUT2D eigenvalue weighted by atomic mass is 10.0. The highest BCUT2D eigenvalue weighted by atomic mass is 16.5. The first-order valence-electron chi connectivity index (χ1n) is 12.4. The Kier molecular flexibility index (Phi) is 7.78. The number of hydrogen-bond donors (Lipinski definition) is 2. The van der Waals surface area contributed by atoms with Crippen LogP contribution in [0.2, 0.25) is 0 Å². The highest BCUT2D eigenvalue weighted by molar-refractivity contribution is 5.77. The van der Waals surface area contributed by atoms with Gasteiger partial charge in [-0.15, -0.1) is 0 Å². The SMILES string of the molecule is CCc1cc(CNC(Cc2nc(-c3ccccc3)oc2C)c2ncco2)cc(C)c1OC(C)(C)C(=O)O. The molecule has 0 saturated carbocycles. The summed E-state index contributed by atoms with van der Waals surface area (Å²) in [6, 6.07) is 13.6. The number of carboxylic acids is 1. The van der Waals surface area contributed by atoms with Crippen molar-refractivity contribution in [2.75, 3.05) is 0 Å². The van der Waals surface area contributed by atoms with E-state index >= 15 is 0 Å². The molecule has 1 unspecified atom stereocenters. The van der Waals surface area contributed by atoms with Crippen LogP contribution in [-0.2, 0) is 24.2 Å². The van der Waals surface area contributed by atoms with Crippen LogP contribution in [-0.4, -0.2) is 26.6 Å². The molecule has 0 spiro atoms. The zero-order valence-electron chi connectivity index (χ0n) is 21.9. The number of rotatable bonds is 11. The van der Waals surface area contributed by atoms with Gasteiger partial charge in [-0.3, -0.25) is 0 Å². The molecule has 0 aliphatic rings. The first-order valence-corrected chi connectivity index (χ1v) is 12.4. The molecule has 0 fully saturated rings. The molecule has 2 heterocycles. The third-order valence-electron chi connectivity index (χ3n) is 6.28. The molecule has 0 bridgehead atoms. The molecule has 37 heavy (non-hydrogen) atoms. The lowest BCUT2D eigenvalue weighted by Crippen LogP contribution is -2.38. The summed E-state index contributed by atoms with van der Waals surface area (Å²) in [6.07, 6.45) is 4.44. The van der Waals surface area contributed by atoms with Crippen molar-refractivity contribution in [1.82, 2.24) is 15.3 Å². The quantitative estimate of drug-likeness (QED) is 0.263. The van der Waals surface area contributed by atoms with Gasteiger partial charge in [-0.25, -0.2) is 14.8 Å². The van der Waals surface area contributed by atoms with Crippen molar-refractivity contribution >= 4 is 5.97 Å². The third kappa shape index (κ3) is 6.09. The Bertz CT molecular complexity index is 1340. The molecule has 4 rings (SSSR count). The van der Waals surface area contributed by atoms with E-state index in [1.807, 2.05) is 57.2 Å². The van der Waals surface area contributed by atoms with Gasteiger partial charge in [-0.1, -0.05) is 37.3 Å². The van der Waals surface area contributed by atoms with Crippen LogP contribution in [0.1, 0.15) is 60.8 Å². The molecule has 8 heteroatoms. The summed E-state index contributed by atoms with van der Waals surface area (Å²) < 4.78 is 17.5. The fourth-order valence-electron chi connectivity index (χ4n) is 4.15. The van der Waals surface area contributed by atoms with E-state index in [1.54, 1.807) is 26.3 Å². The molecule has 0 aliphatic heterocycles. The Hall–Kier alpha value is -3.91. The smallest absolute Gasteiger partial charge is 0.347 e. The summed E-state index contributed by atoms with van der Waals surface area (Å²) in [5.74, 6) is 1.52. The Labute approximate surface area is 216 Å². The predicted molar refractivity (Wildman–Crippen MR) is 139 cm³/mol. The lowest BCUT2D eigenvalue weighted by Gasteiger charge is -2.25. The van der Waals surface area contributed by atoms with Crippen molar-refractivity contribution in [3.05, 3.63) is 89.0 Å². The predicted octanol–water partition coefficient (Wildman–Crippen LogP) is 5.82. The van der Waals surface area contributed by atoms with E-state index in [0.717, 1.165) is 33.7 Å². The van der Waals surface area contributed by atoms with E-state index in [2.05, 4.69) is 16.4 Å². The highest BCUT2D eigenvalue weighted by Crippen LogP contribution is 2.31. The van der Waals surface area contributed by atoms with Gasteiger partial charge < -0.3 is 24.0 Å². The van der Waals surface area contributed by atoms with Gasteiger partial charge >= 0.3 is 5.97 Å². The lowest BCUT2D eigenvalue weighted by molar-refractivity contribution is -0.152. The number of ether oxygens (including phenoxy) is 1. The first kappa shape index (κ1) is 26.2. The topological polar surface area (TPSA) is 111 Å². The number of aliphatic carboxylic acids is 1. The summed E-state index contributed by atoms with van der Waals surface area (Å²) in [5.41, 5.74) is 3.33. The van der Waals surface area contributed by atoms with E-state index < -0.39 is 11.6 Å². The zero-order chi connectivity index (χ0) is 26.6. The van der Waals surface area contributed by atoms with Crippen LogP contribution in [0.3, 0.4) is 0 Å². The number of aryl methyl sites for hydroxylation is 3. The maximum Gasteiger partial charge on any atom is 0.347 e. The van der Waals surface area contributed by atoms with Crippen molar-refractivity contribution in [2.45, 2.75) is 65.6 Å². The van der Waals surface area contributed by atoms with Crippen molar-refractivity contribution < 1.29 is 23.5 Å². The molecule has 0 amide bonds. The van der Waals surface area contributed by atoms with Crippen LogP contribution < -0.4 is 10.1 Å². The van der Waals surface area contributed by atoms with Gasteiger partial charge in [0.05, 0.1) is 17.9 Å². The minimum absolute atomic E-state index is 0.227. The second-order valence-electron chi connectivity index (χ2n) is 9.57. The maximum atomic E-state index is 11.6. The average molecular weight is 504 g/mol. The van der Waals surface area contributed by atoms with Crippen LogP contribution in [0.25, 0.3) is 11.5 Å². The fraction of sp³-hybridized carbons (Fsp3) is 0.345. The van der Waals surface area contributed by atoms with Gasteiger partial charge in [0.2, 0.25) is 11.8 Å². The van der Waals surface area contributed by atoms with Crippen LogP contribution in [0.5, 0.6) is 5.75 Å². The average Bonchev–Trinajstić information content (AvgIpc) is 3.53.